The molecule has 5 nitrogen and oxygen atoms in total. The van der Waals surface area contributed by atoms with Crippen molar-refractivity contribution in [2.45, 2.75) is 52.0 Å². The molecule has 1 N–H and O–H groups in total. The summed E-state index contributed by atoms with van der Waals surface area (Å²) in [6.45, 7) is 8.57. The first kappa shape index (κ1) is 20.5. The Labute approximate surface area is 166 Å². The topological polar surface area (TPSA) is 56.2 Å². The van der Waals surface area contributed by atoms with Crippen molar-refractivity contribution in [2.75, 3.05) is 19.8 Å². The van der Waals surface area contributed by atoms with Gasteiger partial charge in [0.15, 0.2) is 0 Å². The number of carbonyl (C=O) groups is 1. The van der Waals surface area contributed by atoms with Crippen molar-refractivity contribution in [1.82, 2.24) is 15.1 Å². The summed E-state index contributed by atoms with van der Waals surface area (Å²) in [5, 5.41) is 7.65. The number of nitrogens with one attached hydrogen (secondary N) is 1. The maximum absolute atomic E-state index is 13.8. The normalized spacial score (nSPS) is 16.3. The van der Waals surface area contributed by atoms with Crippen LogP contribution in [0.5, 0.6) is 0 Å². The van der Waals surface area contributed by atoms with Crippen molar-refractivity contribution in [3.63, 3.8) is 0 Å². The minimum Gasteiger partial charge on any atom is -0.381 e. The summed E-state index contributed by atoms with van der Waals surface area (Å²) in [4.78, 5) is 12.9. The molecule has 0 radical (unpaired) electrons. The zero-order chi connectivity index (χ0) is 20.1. The molecule has 0 bridgehead atoms. The Hall–Kier alpha value is -2.21. The second-order valence-electron chi connectivity index (χ2n) is 8.02. The van der Waals surface area contributed by atoms with Crippen LogP contribution in [0.1, 0.15) is 55.4 Å². The van der Waals surface area contributed by atoms with Gasteiger partial charge in [-0.15, -0.1) is 0 Å². The van der Waals surface area contributed by atoms with E-state index in [1.54, 1.807) is 16.8 Å². The Morgan fingerprint density at radius 3 is 2.71 bits per heavy atom. The first-order valence-electron chi connectivity index (χ1n) is 10.1. The lowest BCUT2D eigenvalue weighted by molar-refractivity contribution is 0.0485. The summed E-state index contributed by atoms with van der Waals surface area (Å²) >= 11 is 0. The smallest absolute Gasteiger partial charge is 0.269 e. The number of ether oxygens (including phenoxy) is 1. The highest BCUT2D eigenvalue weighted by Gasteiger charge is 2.35. The number of nitrogens with zero attached hydrogens (tertiary/aromatic N) is 2. The van der Waals surface area contributed by atoms with Gasteiger partial charge in [0.05, 0.1) is 5.69 Å². The van der Waals surface area contributed by atoms with Gasteiger partial charge in [-0.1, -0.05) is 26.0 Å². The molecule has 28 heavy (non-hydrogen) atoms. The number of rotatable bonds is 7. The summed E-state index contributed by atoms with van der Waals surface area (Å²) < 4.78 is 21.1. The summed E-state index contributed by atoms with van der Waals surface area (Å²) in [6, 6.07) is 8.59. The lowest BCUT2D eigenvalue weighted by Gasteiger charge is -2.38. The van der Waals surface area contributed by atoms with Gasteiger partial charge in [0, 0.05) is 31.7 Å². The summed E-state index contributed by atoms with van der Waals surface area (Å²) in [7, 11) is 0. The van der Waals surface area contributed by atoms with E-state index in [-0.39, 0.29) is 17.1 Å². The highest BCUT2D eigenvalue weighted by molar-refractivity contribution is 5.92. The van der Waals surface area contributed by atoms with E-state index >= 15 is 0 Å². The fourth-order valence-corrected chi connectivity index (χ4v) is 3.90. The fraction of sp³-hybridized carbons (Fsp3) is 0.545. The van der Waals surface area contributed by atoms with Crippen LogP contribution in [-0.4, -0.2) is 35.4 Å². The van der Waals surface area contributed by atoms with E-state index in [1.807, 2.05) is 19.1 Å². The number of amides is 1. The molecular weight excluding hydrogens is 357 g/mol. The third kappa shape index (κ3) is 4.61. The first-order valence-corrected chi connectivity index (χ1v) is 10.1. The zero-order valence-corrected chi connectivity index (χ0v) is 17.0. The number of aromatic nitrogens is 2. The first-order chi connectivity index (χ1) is 13.4. The van der Waals surface area contributed by atoms with Crippen molar-refractivity contribution in [3.05, 3.63) is 53.1 Å². The molecule has 0 aliphatic carbocycles. The van der Waals surface area contributed by atoms with E-state index in [9.17, 15) is 9.18 Å². The number of hydrogen-bond donors (Lipinski definition) is 1. The number of hydrogen-bond acceptors (Lipinski definition) is 3. The lowest BCUT2D eigenvalue weighted by Crippen LogP contribution is -2.45. The summed E-state index contributed by atoms with van der Waals surface area (Å²) in [5.41, 5.74) is 2.13. The Morgan fingerprint density at radius 2 is 2.07 bits per heavy atom. The van der Waals surface area contributed by atoms with Crippen LogP contribution in [-0.2, 0) is 23.1 Å². The van der Waals surface area contributed by atoms with Crippen molar-refractivity contribution in [1.29, 1.82) is 0 Å². The third-order valence-electron chi connectivity index (χ3n) is 5.45. The Balaban J connectivity index is 1.78. The van der Waals surface area contributed by atoms with E-state index < -0.39 is 0 Å². The third-order valence-corrected chi connectivity index (χ3v) is 5.45. The average molecular weight is 387 g/mol. The second-order valence-corrected chi connectivity index (χ2v) is 8.02. The molecule has 1 saturated heterocycles. The van der Waals surface area contributed by atoms with Gasteiger partial charge in [0.1, 0.15) is 11.5 Å². The van der Waals surface area contributed by atoms with Crippen molar-refractivity contribution >= 4 is 5.91 Å². The summed E-state index contributed by atoms with van der Waals surface area (Å²) in [6.07, 6.45) is 2.35. The molecule has 0 spiro atoms. The van der Waals surface area contributed by atoms with Gasteiger partial charge >= 0.3 is 0 Å². The molecule has 2 heterocycles. The van der Waals surface area contributed by atoms with Crippen LogP contribution in [0.4, 0.5) is 4.39 Å². The molecule has 6 heteroatoms. The number of aryl methyl sites for hydroxylation is 1. The Bertz CT molecular complexity index is 810. The largest absolute Gasteiger partial charge is 0.381 e. The van der Waals surface area contributed by atoms with Gasteiger partial charge in [0.25, 0.3) is 5.91 Å². The number of halogens is 1. The van der Waals surface area contributed by atoms with Crippen molar-refractivity contribution < 1.29 is 13.9 Å². The van der Waals surface area contributed by atoms with Gasteiger partial charge in [-0.25, -0.2) is 4.39 Å². The van der Waals surface area contributed by atoms with Crippen molar-refractivity contribution in [2.24, 2.45) is 5.92 Å². The average Bonchev–Trinajstić information content (AvgIpc) is 3.09. The van der Waals surface area contributed by atoms with E-state index in [2.05, 4.69) is 24.3 Å². The van der Waals surface area contributed by atoms with Crippen LogP contribution in [0, 0.1) is 11.7 Å². The Kier molecular flexibility index (Phi) is 6.50. The molecule has 1 fully saturated rings. The van der Waals surface area contributed by atoms with E-state index in [1.165, 1.54) is 6.07 Å². The predicted octanol–water partition coefficient (Wildman–Crippen LogP) is 3.72. The molecule has 0 unspecified atom stereocenters. The van der Waals surface area contributed by atoms with E-state index in [0.717, 1.165) is 30.5 Å². The molecular formula is C22H30FN3O2. The van der Waals surface area contributed by atoms with E-state index in [0.29, 0.717) is 37.9 Å². The van der Waals surface area contributed by atoms with E-state index in [4.69, 9.17) is 4.74 Å². The molecule has 1 aromatic heterocycles. The maximum Gasteiger partial charge on any atom is 0.269 e. The molecule has 152 valence electrons. The molecule has 0 atom stereocenters. The fourth-order valence-electron chi connectivity index (χ4n) is 3.90. The summed E-state index contributed by atoms with van der Waals surface area (Å²) in [5.74, 6) is 0.0957. The highest BCUT2D eigenvalue weighted by atomic mass is 19.1. The molecule has 1 amide bonds. The van der Waals surface area contributed by atoms with Gasteiger partial charge in [0.2, 0.25) is 0 Å². The van der Waals surface area contributed by atoms with Crippen LogP contribution in [0.2, 0.25) is 0 Å². The molecule has 3 rings (SSSR count). The lowest BCUT2D eigenvalue weighted by atomic mass is 9.74. The quantitative estimate of drug-likeness (QED) is 0.788. The molecule has 0 saturated carbocycles. The molecule has 2 aromatic rings. The standard InChI is InChI=1S/C22H30FN3O2/c1-4-26-20(14-19(25-26)12-16(2)3)21(27)24-15-22(8-10-28-11-9-22)17-6-5-7-18(23)13-17/h5-7,13-14,16H,4,8-12,15H2,1-3H3,(H,24,27). The second kappa shape index (κ2) is 8.86. The predicted molar refractivity (Wildman–Crippen MR) is 107 cm³/mol. The minimum absolute atomic E-state index is 0.133. The maximum atomic E-state index is 13.8. The van der Waals surface area contributed by atoms with Crippen molar-refractivity contribution in [3.8, 4) is 0 Å². The minimum atomic E-state index is -0.312. The van der Waals surface area contributed by atoms with Crippen LogP contribution in [0.25, 0.3) is 0 Å². The van der Waals surface area contributed by atoms with Gasteiger partial charge in [-0.2, -0.15) is 5.10 Å². The van der Waals surface area contributed by atoms with Crippen LogP contribution in [0.15, 0.2) is 30.3 Å². The molecule has 1 aromatic carbocycles. The number of carbonyl (C=O) groups excluding carboxylic acids is 1. The van der Waals surface area contributed by atoms with Crippen LogP contribution in [0.3, 0.4) is 0 Å². The SMILES string of the molecule is CCn1nc(CC(C)C)cc1C(=O)NCC1(c2cccc(F)c2)CCOCC1. The van der Waals surface area contributed by atoms with Gasteiger partial charge in [-0.3, -0.25) is 9.48 Å². The zero-order valence-electron chi connectivity index (χ0n) is 17.0. The highest BCUT2D eigenvalue weighted by Crippen LogP contribution is 2.34. The van der Waals surface area contributed by atoms with Crippen LogP contribution >= 0.6 is 0 Å². The molecule has 1 aliphatic heterocycles. The number of benzene rings is 1. The van der Waals surface area contributed by atoms with Crippen LogP contribution < -0.4 is 5.32 Å². The van der Waals surface area contributed by atoms with Gasteiger partial charge < -0.3 is 10.1 Å². The van der Waals surface area contributed by atoms with Gasteiger partial charge in [-0.05, 0) is 55.9 Å². The molecule has 1 aliphatic rings. The Morgan fingerprint density at radius 1 is 1.32 bits per heavy atom. The monoisotopic (exact) mass is 387 g/mol.